The summed E-state index contributed by atoms with van der Waals surface area (Å²) in [7, 11) is 0. The van der Waals surface area contributed by atoms with Gasteiger partial charge in [-0.05, 0) is 41.1 Å². The zero-order valence-electron chi connectivity index (χ0n) is 9.41. The summed E-state index contributed by atoms with van der Waals surface area (Å²) in [4.78, 5) is 14.9. The van der Waals surface area contributed by atoms with E-state index in [0.717, 1.165) is 6.07 Å². The number of nitriles is 1. The number of halogens is 3. The molecular formula is C11H9F2IN2O2. The number of ether oxygens (including phenoxy) is 1. The van der Waals surface area contributed by atoms with Crippen LogP contribution in [0.15, 0.2) is 6.07 Å². The van der Waals surface area contributed by atoms with E-state index in [1.165, 1.54) is 0 Å². The van der Waals surface area contributed by atoms with Crippen LogP contribution in [0.4, 0.5) is 8.78 Å². The van der Waals surface area contributed by atoms with Gasteiger partial charge in [-0.25, -0.2) is 13.8 Å². The van der Waals surface area contributed by atoms with Gasteiger partial charge in [0, 0.05) is 0 Å². The fraction of sp³-hybridized carbons (Fsp3) is 0.364. The van der Waals surface area contributed by atoms with E-state index in [1.54, 1.807) is 35.6 Å². The Kier molecular flexibility index (Phi) is 5.40. The number of rotatable bonds is 4. The van der Waals surface area contributed by atoms with Gasteiger partial charge >= 0.3 is 5.97 Å². The normalized spacial score (nSPS) is 10.2. The molecule has 0 fully saturated rings. The standard InChI is InChI=1S/C11H9F2IN2O2/c1-2-18-9(17)4-6-3-7(11(12)13)16-8(5-15)10(6)14/h3,11H,2,4H2,1H3. The fourth-order valence-corrected chi connectivity index (χ4v) is 1.87. The quantitative estimate of drug-likeness (QED) is 0.607. The first-order valence-corrected chi connectivity index (χ1v) is 6.10. The summed E-state index contributed by atoms with van der Waals surface area (Å²) < 4.78 is 30.3. The van der Waals surface area contributed by atoms with Crippen LogP contribution in [0.1, 0.15) is 30.3 Å². The van der Waals surface area contributed by atoms with Crippen LogP contribution in [0.2, 0.25) is 0 Å². The predicted octanol–water partition coefficient (Wildman–Crippen LogP) is 2.60. The maximum absolute atomic E-state index is 12.6. The first-order valence-electron chi connectivity index (χ1n) is 5.02. The molecule has 96 valence electrons. The Morgan fingerprint density at radius 2 is 2.33 bits per heavy atom. The molecule has 1 aromatic heterocycles. The number of hydrogen-bond acceptors (Lipinski definition) is 4. The molecule has 0 aliphatic carbocycles. The van der Waals surface area contributed by atoms with Crippen LogP contribution in [0.5, 0.6) is 0 Å². The molecule has 0 aliphatic heterocycles. The van der Waals surface area contributed by atoms with E-state index in [1.807, 2.05) is 0 Å². The zero-order chi connectivity index (χ0) is 13.7. The van der Waals surface area contributed by atoms with Gasteiger partial charge in [0.1, 0.15) is 11.8 Å². The lowest BCUT2D eigenvalue weighted by Crippen LogP contribution is -2.11. The first-order chi connectivity index (χ1) is 8.49. The number of carbonyl (C=O) groups is 1. The van der Waals surface area contributed by atoms with Crippen LogP contribution in [-0.4, -0.2) is 17.6 Å². The Bertz CT molecular complexity index is 501. The van der Waals surface area contributed by atoms with Gasteiger partial charge in [0.2, 0.25) is 0 Å². The molecule has 1 aromatic rings. The minimum absolute atomic E-state index is 0.104. The second-order valence-electron chi connectivity index (χ2n) is 3.26. The highest BCUT2D eigenvalue weighted by Crippen LogP contribution is 2.23. The lowest BCUT2D eigenvalue weighted by molar-refractivity contribution is -0.142. The number of pyridine rings is 1. The molecule has 0 spiro atoms. The van der Waals surface area contributed by atoms with E-state index >= 15 is 0 Å². The molecule has 0 atom stereocenters. The summed E-state index contributed by atoms with van der Waals surface area (Å²) in [6.07, 6.45) is -2.93. The molecule has 0 saturated heterocycles. The Morgan fingerprint density at radius 3 is 2.83 bits per heavy atom. The van der Waals surface area contributed by atoms with Crippen molar-refractivity contribution in [3.63, 3.8) is 0 Å². The Labute approximate surface area is 116 Å². The van der Waals surface area contributed by atoms with Crippen molar-refractivity contribution in [3.05, 3.63) is 26.6 Å². The molecule has 4 nitrogen and oxygen atoms in total. The van der Waals surface area contributed by atoms with Crippen molar-refractivity contribution in [2.75, 3.05) is 6.61 Å². The molecule has 1 rings (SSSR count). The highest BCUT2D eigenvalue weighted by Gasteiger charge is 2.18. The molecule has 0 unspecified atom stereocenters. The van der Waals surface area contributed by atoms with Crippen molar-refractivity contribution < 1.29 is 18.3 Å². The summed E-state index contributed by atoms with van der Waals surface area (Å²) in [6.45, 7) is 1.87. The topological polar surface area (TPSA) is 63.0 Å². The fourth-order valence-electron chi connectivity index (χ4n) is 1.29. The third-order valence-corrected chi connectivity index (χ3v) is 3.23. The van der Waals surface area contributed by atoms with Gasteiger partial charge in [0.25, 0.3) is 6.43 Å². The smallest absolute Gasteiger partial charge is 0.310 e. The van der Waals surface area contributed by atoms with Gasteiger partial charge in [0.05, 0.1) is 16.6 Å². The highest BCUT2D eigenvalue weighted by atomic mass is 127. The average molecular weight is 366 g/mol. The molecule has 7 heteroatoms. The van der Waals surface area contributed by atoms with Gasteiger partial charge in [0.15, 0.2) is 5.69 Å². The molecule has 0 amide bonds. The van der Waals surface area contributed by atoms with E-state index in [2.05, 4.69) is 4.98 Å². The molecule has 0 aromatic carbocycles. The highest BCUT2D eigenvalue weighted by molar-refractivity contribution is 14.1. The van der Waals surface area contributed by atoms with Crippen molar-refractivity contribution in [1.82, 2.24) is 4.98 Å². The lowest BCUT2D eigenvalue weighted by Gasteiger charge is -2.08. The van der Waals surface area contributed by atoms with Gasteiger partial charge in [-0.15, -0.1) is 0 Å². The number of esters is 1. The Morgan fingerprint density at radius 1 is 1.67 bits per heavy atom. The summed E-state index contributed by atoms with van der Waals surface area (Å²) in [6, 6.07) is 2.86. The minimum atomic E-state index is -2.78. The average Bonchev–Trinajstić information content (AvgIpc) is 2.31. The maximum Gasteiger partial charge on any atom is 0.310 e. The lowest BCUT2D eigenvalue weighted by atomic mass is 10.1. The molecule has 18 heavy (non-hydrogen) atoms. The van der Waals surface area contributed by atoms with E-state index in [9.17, 15) is 13.6 Å². The number of carbonyl (C=O) groups excluding carboxylic acids is 1. The van der Waals surface area contributed by atoms with E-state index in [0.29, 0.717) is 9.13 Å². The van der Waals surface area contributed by atoms with Gasteiger partial charge < -0.3 is 4.74 Å². The molecule has 0 N–H and O–H groups in total. The van der Waals surface area contributed by atoms with Crippen LogP contribution in [-0.2, 0) is 16.0 Å². The minimum Gasteiger partial charge on any atom is -0.466 e. The Hall–Kier alpha value is -1.30. The largest absolute Gasteiger partial charge is 0.466 e. The number of hydrogen-bond donors (Lipinski definition) is 0. The Balaban J connectivity index is 3.14. The molecule has 0 aliphatic rings. The first kappa shape index (κ1) is 14.8. The van der Waals surface area contributed by atoms with Gasteiger partial charge in [-0.2, -0.15) is 5.26 Å². The summed E-state index contributed by atoms with van der Waals surface area (Å²) in [5.41, 5.74) is -0.283. The van der Waals surface area contributed by atoms with E-state index in [-0.39, 0.29) is 18.7 Å². The summed E-state index contributed by atoms with van der Waals surface area (Å²) in [5, 5.41) is 8.81. The maximum atomic E-state index is 12.6. The molecule has 1 heterocycles. The number of nitrogens with zero attached hydrogens (tertiary/aromatic N) is 2. The van der Waals surface area contributed by atoms with Crippen LogP contribution in [0.3, 0.4) is 0 Å². The van der Waals surface area contributed by atoms with Gasteiger partial charge in [-0.3, -0.25) is 4.79 Å². The molecule has 0 bridgehead atoms. The van der Waals surface area contributed by atoms with Crippen molar-refractivity contribution >= 4 is 28.6 Å². The third kappa shape index (κ3) is 3.60. The number of aromatic nitrogens is 1. The SMILES string of the molecule is CCOC(=O)Cc1cc(C(F)F)nc(C#N)c1I. The summed E-state index contributed by atoms with van der Waals surface area (Å²) >= 11 is 1.81. The molecule has 0 saturated carbocycles. The molecule has 0 radical (unpaired) electrons. The van der Waals surface area contributed by atoms with E-state index in [4.69, 9.17) is 10.00 Å². The number of alkyl halides is 2. The third-order valence-electron chi connectivity index (χ3n) is 2.02. The second-order valence-corrected chi connectivity index (χ2v) is 4.34. The van der Waals surface area contributed by atoms with Crippen LogP contribution in [0, 0.1) is 14.9 Å². The van der Waals surface area contributed by atoms with Crippen molar-refractivity contribution in [2.45, 2.75) is 19.8 Å². The van der Waals surface area contributed by atoms with Gasteiger partial charge in [-0.1, -0.05) is 0 Å². The van der Waals surface area contributed by atoms with Crippen molar-refractivity contribution in [3.8, 4) is 6.07 Å². The second kappa shape index (κ2) is 6.58. The predicted molar refractivity (Wildman–Crippen MR) is 67.0 cm³/mol. The van der Waals surface area contributed by atoms with Crippen molar-refractivity contribution in [1.29, 1.82) is 5.26 Å². The van der Waals surface area contributed by atoms with Crippen LogP contribution < -0.4 is 0 Å². The summed E-state index contributed by atoms with van der Waals surface area (Å²) in [5.74, 6) is -0.522. The molecular weight excluding hydrogens is 357 g/mol. The van der Waals surface area contributed by atoms with Crippen LogP contribution in [0.25, 0.3) is 0 Å². The van der Waals surface area contributed by atoms with Crippen LogP contribution >= 0.6 is 22.6 Å². The van der Waals surface area contributed by atoms with E-state index < -0.39 is 18.1 Å². The monoisotopic (exact) mass is 366 g/mol. The zero-order valence-corrected chi connectivity index (χ0v) is 11.6. The van der Waals surface area contributed by atoms with Crippen molar-refractivity contribution in [2.24, 2.45) is 0 Å².